The van der Waals surface area contributed by atoms with E-state index in [1.807, 2.05) is 64.1 Å². The summed E-state index contributed by atoms with van der Waals surface area (Å²) in [5.74, 6) is 0.416. The summed E-state index contributed by atoms with van der Waals surface area (Å²) in [5, 5.41) is 3.58. The van der Waals surface area contributed by atoms with Crippen LogP contribution in [0.25, 0.3) is 0 Å². The lowest BCUT2D eigenvalue weighted by Crippen LogP contribution is -2.43. The normalized spacial score (nSPS) is 18.1. The number of anilines is 1. The Morgan fingerprint density at radius 3 is 2.69 bits per heavy atom. The third-order valence-corrected chi connectivity index (χ3v) is 7.20. The summed E-state index contributed by atoms with van der Waals surface area (Å²) < 4.78 is 0. The summed E-state index contributed by atoms with van der Waals surface area (Å²) in [6.07, 6.45) is 0.568. The first-order chi connectivity index (χ1) is 15.3. The summed E-state index contributed by atoms with van der Waals surface area (Å²) >= 11 is 7.48. The van der Waals surface area contributed by atoms with E-state index >= 15 is 0 Å². The van der Waals surface area contributed by atoms with Crippen molar-refractivity contribution in [3.05, 3.63) is 58.6 Å². The topological polar surface area (TPSA) is 74.1 Å². The molecule has 8 heteroatoms. The van der Waals surface area contributed by atoms with Gasteiger partial charge in [0, 0.05) is 16.3 Å². The van der Waals surface area contributed by atoms with Crippen molar-refractivity contribution in [3.8, 4) is 0 Å². The minimum absolute atomic E-state index is 0.0653. The predicted octanol–water partition coefficient (Wildman–Crippen LogP) is 5.41. The number of aryl methyl sites for hydroxylation is 1. The molecule has 2 heterocycles. The first-order valence-electron chi connectivity index (χ1n) is 10.6. The Bertz CT molecular complexity index is 1140. The van der Waals surface area contributed by atoms with Crippen molar-refractivity contribution in [2.24, 2.45) is 15.9 Å². The molecule has 4 rings (SSSR count). The fourth-order valence-corrected chi connectivity index (χ4v) is 4.83. The number of fused-ring (bicyclic) bond motifs is 3. The lowest BCUT2D eigenvalue weighted by Gasteiger charge is -2.27. The highest BCUT2D eigenvalue weighted by Gasteiger charge is 2.43. The zero-order chi connectivity index (χ0) is 23.0. The van der Waals surface area contributed by atoms with Crippen LogP contribution in [-0.2, 0) is 9.59 Å². The largest absolute Gasteiger partial charge is 0.325 e. The molecule has 0 spiro atoms. The Morgan fingerprint density at radius 1 is 1.25 bits per heavy atom. The molecule has 0 bridgehead atoms. The lowest BCUT2D eigenvalue weighted by atomic mass is 10.1. The Kier molecular flexibility index (Phi) is 6.40. The van der Waals surface area contributed by atoms with Gasteiger partial charge in [0.2, 0.25) is 5.91 Å². The zero-order valence-electron chi connectivity index (χ0n) is 18.4. The molecule has 32 heavy (non-hydrogen) atoms. The summed E-state index contributed by atoms with van der Waals surface area (Å²) in [5.41, 5.74) is 3.17. The molecule has 2 aliphatic rings. The van der Waals surface area contributed by atoms with Gasteiger partial charge in [0.1, 0.15) is 11.9 Å². The third-order valence-electron chi connectivity index (χ3n) is 5.48. The number of rotatable bonds is 5. The number of nitrogens with zero attached hydrogens (tertiary/aromatic N) is 3. The Morgan fingerprint density at radius 2 is 2.00 bits per heavy atom. The maximum absolute atomic E-state index is 13.2. The Balaban J connectivity index is 1.62. The van der Waals surface area contributed by atoms with Gasteiger partial charge < -0.3 is 5.32 Å². The van der Waals surface area contributed by atoms with Gasteiger partial charge in [-0.15, -0.1) is 0 Å². The number of amides is 2. The summed E-state index contributed by atoms with van der Waals surface area (Å²) in [4.78, 5) is 37.3. The second kappa shape index (κ2) is 9.08. The van der Waals surface area contributed by atoms with Crippen molar-refractivity contribution in [2.45, 2.75) is 45.4 Å². The Labute approximate surface area is 197 Å². The SMILES string of the molecule is CC[C@H](SC1=Nc2ccccc2C2=N[C@@H](C(C)C)C(=O)N12)C(=O)Nc1ccc(C)c(Cl)c1. The smallest absolute Gasteiger partial charge is 0.259 e. The maximum atomic E-state index is 13.2. The van der Waals surface area contributed by atoms with E-state index in [9.17, 15) is 9.59 Å². The van der Waals surface area contributed by atoms with Crippen LogP contribution in [0.15, 0.2) is 52.4 Å². The molecule has 166 valence electrons. The van der Waals surface area contributed by atoms with Crippen molar-refractivity contribution in [1.29, 1.82) is 0 Å². The fraction of sp³-hybridized carbons (Fsp3) is 0.333. The third kappa shape index (κ3) is 4.19. The molecular weight excluding hydrogens is 444 g/mol. The second-order valence-electron chi connectivity index (χ2n) is 8.19. The van der Waals surface area contributed by atoms with Crippen molar-refractivity contribution in [2.75, 3.05) is 5.32 Å². The minimum atomic E-state index is -0.453. The second-order valence-corrected chi connectivity index (χ2v) is 9.77. The van der Waals surface area contributed by atoms with Crippen molar-refractivity contribution in [3.63, 3.8) is 0 Å². The molecular formula is C24H25ClN4O2S. The van der Waals surface area contributed by atoms with Gasteiger partial charge >= 0.3 is 0 Å². The number of para-hydroxylation sites is 1. The van der Waals surface area contributed by atoms with Crippen LogP contribution in [0, 0.1) is 12.8 Å². The van der Waals surface area contributed by atoms with E-state index in [-0.39, 0.29) is 17.7 Å². The number of nitrogens with one attached hydrogen (secondary N) is 1. The summed E-state index contributed by atoms with van der Waals surface area (Å²) in [7, 11) is 0. The maximum Gasteiger partial charge on any atom is 0.259 e. The van der Waals surface area contributed by atoms with Gasteiger partial charge in [-0.05, 0) is 49.1 Å². The molecule has 2 atom stereocenters. The van der Waals surface area contributed by atoms with Gasteiger partial charge in [-0.2, -0.15) is 0 Å². The standard InChI is InChI=1S/C24H25ClN4O2S/c1-5-19(22(30)26-15-11-10-14(4)17(25)12-15)32-24-27-18-9-7-6-8-16(18)21-28-20(13(2)3)23(31)29(21)24/h6-13,19-20H,5H2,1-4H3,(H,26,30)/t19-,20-/m0/s1. The van der Waals surface area contributed by atoms with Gasteiger partial charge in [0.05, 0.1) is 10.9 Å². The molecule has 0 saturated heterocycles. The van der Waals surface area contributed by atoms with Crippen LogP contribution in [0.3, 0.4) is 0 Å². The molecule has 0 unspecified atom stereocenters. The van der Waals surface area contributed by atoms with Crippen LogP contribution in [0.4, 0.5) is 11.4 Å². The van der Waals surface area contributed by atoms with Crippen LogP contribution in [0.5, 0.6) is 0 Å². The molecule has 2 aromatic carbocycles. The van der Waals surface area contributed by atoms with Gasteiger partial charge in [0.25, 0.3) is 5.91 Å². The first-order valence-corrected chi connectivity index (χ1v) is 11.9. The number of carbonyl (C=O) groups is 2. The predicted molar refractivity (Wildman–Crippen MR) is 132 cm³/mol. The van der Waals surface area contributed by atoms with E-state index < -0.39 is 11.3 Å². The number of amidine groups is 2. The van der Waals surface area contributed by atoms with E-state index in [1.165, 1.54) is 11.8 Å². The van der Waals surface area contributed by atoms with Gasteiger partial charge in [-0.25, -0.2) is 9.89 Å². The average Bonchev–Trinajstić information content (AvgIpc) is 3.12. The van der Waals surface area contributed by atoms with Crippen molar-refractivity contribution in [1.82, 2.24) is 4.90 Å². The number of halogens is 1. The van der Waals surface area contributed by atoms with E-state index in [1.54, 1.807) is 11.0 Å². The van der Waals surface area contributed by atoms with Crippen molar-refractivity contribution < 1.29 is 9.59 Å². The van der Waals surface area contributed by atoms with Gasteiger partial charge in [-0.3, -0.25) is 14.6 Å². The molecule has 0 fully saturated rings. The van der Waals surface area contributed by atoms with E-state index in [2.05, 4.69) is 5.32 Å². The molecule has 2 aromatic rings. The highest BCUT2D eigenvalue weighted by molar-refractivity contribution is 8.15. The molecule has 6 nitrogen and oxygen atoms in total. The number of aliphatic imine (C=N–C) groups is 2. The number of thioether (sulfide) groups is 1. The number of hydrogen-bond donors (Lipinski definition) is 1. The van der Waals surface area contributed by atoms with Gasteiger partial charge in [0.15, 0.2) is 5.17 Å². The van der Waals surface area contributed by atoms with E-state index in [4.69, 9.17) is 21.6 Å². The zero-order valence-corrected chi connectivity index (χ0v) is 20.0. The van der Waals surface area contributed by atoms with Crippen LogP contribution in [0.2, 0.25) is 5.02 Å². The van der Waals surface area contributed by atoms with Crippen LogP contribution in [0.1, 0.15) is 38.3 Å². The molecule has 0 aliphatic carbocycles. The monoisotopic (exact) mass is 468 g/mol. The molecule has 0 radical (unpaired) electrons. The first kappa shape index (κ1) is 22.6. The minimum Gasteiger partial charge on any atom is -0.325 e. The quantitative estimate of drug-likeness (QED) is 0.637. The summed E-state index contributed by atoms with van der Waals surface area (Å²) in [6.45, 7) is 7.81. The van der Waals surface area contributed by atoms with Gasteiger partial charge in [-0.1, -0.05) is 62.3 Å². The molecule has 2 aliphatic heterocycles. The number of hydrogen-bond acceptors (Lipinski definition) is 5. The van der Waals surface area contributed by atoms with Crippen LogP contribution >= 0.6 is 23.4 Å². The average molecular weight is 469 g/mol. The Hall–Kier alpha value is -2.64. The lowest BCUT2D eigenvalue weighted by molar-refractivity contribution is -0.125. The molecule has 1 N–H and O–H groups in total. The van der Waals surface area contributed by atoms with Crippen LogP contribution in [-0.4, -0.2) is 39.0 Å². The molecule has 2 amide bonds. The van der Waals surface area contributed by atoms with E-state index in [0.717, 1.165) is 16.8 Å². The number of carbonyl (C=O) groups excluding carboxylic acids is 2. The highest BCUT2D eigenvalue weighted by atomic mass is 35.5. The fourth-order valence-electron chi connectivity index (χ4n) is 3.63. The molecule has 0 aromatic heterocycles. The molecule has 0 saturated carbocycles. The number of benzene rings is 2. The highest BCUT2D eigenvalue weighted by Crippen LogP contribution is 2.36. The van der Waals surface area contributed by atoms with E-state index in [0.29, 0.717) is 28.1 Å². The summed E-state index contributed by atoms with van der Waals surface area (Å²) in [6, 6.07) is 12.6. The van der Waals surface area contributed by atoms with Crippen LogP contribution < -0.4 is 5.32 Å². The van der Waals surface area contributed by atoms with Crippen molar-refractivity contribution >= 4 is 57.6 Å².